The Balaban J connectivity index is 2.36. The van der Waals surface area contributed by atoms with Crippen molar-refractivity contribution in [2.75, 3.05) is 13.7 Å². The van der Waals surface area contributed by atoms with Gasteiger partial charge in [0.15, 0.2) is 0 Å². The normalized spacial score (nSPS) is 24.3. The van der Waals surface area contributed by atoms with E-state index in [2.05, 4.69) is 5.32 Å². The van der Waals surface area contributed by atoms with E-state index in [1.54, 1.807) is 19.2 Å². The zero-order valence-corrected chi connectivity index (χ0v) is 9.19. The van der Waals surface area contributed by atoms with Gasteiger partial charge in [-0.1, -0.05) is 12.1 Å². The molecule has 0 aromatic heterocycles. The summed E-state index contributed by atoms with van der Waals surface area (Å²) in [5.74, 6) is -0.0718. The predicted octanol–water partition coefficient (Wildman–Crippen LogP) is 1.36. The maximum atomic E-state index is 11.4. The molecule has 0 amide bonds. The minimum atomic E-state index is -0.910. The summed E-state index contributed by atoms with van der Waals surface area (Å²) in [4.78, 5) is 11.4. The first kappa shape index (κ1) is 11.0. The Morgan fingerprint density at radius 1 is 1.44 bits per heavy atom. The van der Waals surface area contributed by atoms with Crippen LogP contribution in [0.25, 0.3) is 0 Å². The Hall–Kier alpha value is -1.55. The SMILES string of the molecule is COc1ccc([C@]2(C(=O)O)CCCN2)cc1. The van der Waals surface area contributed by atoms with Crippen LogP contribution >= 0.6 is 0 Å². The van der Waals surface area contributed by atoms with Gasteiger partial charge in [0.1, 0.15) is 11.3 Å². The summed E-state index contributed by atoms with van der Waals surface area (Å²) in [6.45, 7) is 0.748. The van der Waals surface area contributed by atoms with E-state index in [0.29, 0.717) is 6.42 Å². The predicted molar refractivity (Wildman–Crippen MR) is 59.5 cm³/mol. The molecule has 86 valence electrons. The first-order valence-corrected chi connectivity index (χ1v) is 5.32. The second-order valence-electron chi connectivity index (χ2n) is 3.97. The van der Waals surface area contributed by atoms with E-state index in [-0.39, 0.29) is 0 Å². The van der Waals surface area contributed by atoms with Crippen molar-refractivity contribution >= 4 is 5.97 Å². The van der Waals surface area contributed by atoms with E-state index in [0.717, 1.165) is 24.3 Å². The fraction of sp³-hybridized carbons (Fsp3) is 0.417. The molecular formula is C12H15NO3. The summed E-state index contributed by atoms with van der Waals surface area (Å²) in [6, 6.07) is 7.20. The summed E-state index contributed by atoms with van der Waals surface area (Å²) in [5.41, 5.74) is -0.120. The number of benzene rings is 1. The Morgan fingerprint density at radius 2 is 2.12 bits per heavy atom. The maximum Gasteiger partial charge on any atom is 0.328 e. The molecule has 4 heteroatoms. The number of methoxy groups -OCH3 is 1. The number of hydrogen-bond donors (Lipinski definition) is 2. The van der Waals surface area contributed by atoms with Crippen molar-refractivity contribution in [3.63, 3.8) is 0 Å². The molecule has 1 aliphatic heterocycles. The molecule has 1 aromatic carbocycles. The van der Waals surface area contributed by atoms with Crippen LogP contribution in [0.5, 0.6) is 5.75 Å². The average molecular weight is 221 g/mol. The zero-order valence-electron chi connectivity index (χ0n) is 9.19. The second-order valence-corrected chi connectivity index (χ2v) is 3.97. The Bertz CT molecular complexity index is 380. The smallest absolute Gasteiger partial charge is 0.328 e. The third kappa shape index (κ3) is 1.65. The summed E-state index contributed by atoms with van der Waals surface area (Å²) < 4.78 is 5.06. The maximum absolute atomic E-state index is 11.4. The number of aliphatic carboxylic acids is 1. The zero-order chi connectivity index (χ0) is 11.6. The van der Waals surface area contributed by atoms with Crippen molar-refractivity contribution in [1.82, 2.24) is 5.32 Å². The lowest BCUT2D eigenvalue weighted by atomic mass is 9.88. The highest BCUT2D eigenvalue weighted by atomic mass is 16.5. The van der Waals surface area contributed by atoms with Gasteiger partial charge in [-0.3, -0.25) is 5.32 Å². The van der Waals surface area contributed by atoms with Crippen LogP contribution < -0.4 is 10.1 Å². The van der Waals surface area contributed by atoms with E-state index in [4.69, 9.17) is 4.74 Å². The Kier molecular flexibility index (Phi) is 2.83. The minimum absolute atomic E-state index is 0.634. The van der Waals surface area contributed by atoms with Crippen LogP contribution in [0.15, 0.2) is 24.3 Å². The van der Waals surface area contributed by atoms with E-state index < -0.39 is 11.5 Å². The molecule has 4 nitrogen and oxygen atoms in total. The van der Waals surface area contributed by atoms with Crippen LogP contribution in [0, 0.1) is 0 Å². The summed E-state index contributed by atoms with van der Waals surface area (Å²) in [7, 11) is 1.59. The van der Waals surface area contributed by atoms with Crippen LogP contribution in [-0.4, -0.2) is 24.7 Å². The molecule has 1 heterocycles. The van der Waals surface area contributed by atoms with E-state index in [9.17, 15) is 9.90 Å². The van der Waals surface area contributed by atoms with Gasteiger partial charge >= 0.3 is 5.97 Å². The van der Waals surface area contributed by atoms with E-state index in [1.807, 2.05) is 12.1 Å². The van der Waals surface area contributed by atoms with Gasteiger partial charge < -0.3 is 9.84 Å². The molecule has 0 bridgehead atoms. The second kappa shape index (κ2) is 4.14. The molecule has 1 aromatic rings. The molecule has 1 fully saturated rings. The minimum Gasteiger partial charge on any atom is -0.497 e. The average Bonchev–Trinajstić information content (AvgIpc) is 2.79. The first-order chi connectivity index (χ1) is 7.69. The molecule has 2 N–H and O–H groups in total. The molecule has 0 aliphatic carbocycles. The fourth-order valence-electron chi connectivity index (χ4n) is 2.17. The topological polar surface area (TPSA) is 58.6 Å². The largest absolute Gasteiger partial charge is 0.497 e. The number of carboxylic acids is 1. The first-order valence-electron chi connectivity index (χ1n) is 5.32. The molecule has 16 heavy (non-hydrogen) atoms. The quantitative estimate of drug-likeness (QED) is 0.809. The van der Waals surface area contributed by atoms with Gasteiger partial charge in [-0.2, -0.15) is 0 Å². The van der Waals surface area contributed by atoms with E-state index >= 15 is 0 Å². The van der Waals surface area contributed by atoms with Gasteiger partial charge in [-0.05, 0) is 37.1 Å². The highest BCUT2D eigenvalue weighted by Gasteiger charge is 2.42. The molecular weight excluding hydrogens is 206 g/mol. The van der Waals surface area contributed by atoms with Crippen molar-refractivity contribution in [3.8, 4) is 5.75 Å². The summed E-state index contributed by atoms with van der Waals surface area (Å²) >= 11 is 0. The fourth-order valence-corrected chi connectivity index (χ4v) is 2.17. The lowest BCUT2D eigenvalue weighted by Crippen LogP contribution is -2.44. The van der Waals surface area contributed by atoms with Crippen LogP contribution in [0.3, 0.4) is 0 Å². The van der Waals surface area contributed by atoms with Crippen molar-refractivity contribution < 1.29 is 14.6 Å². The van der Waals surface area contributed by atoms with Gasteiger partial charge in [-0.25, -0.2) is 4.79 Å². The highest BCUT2D eigenvalue weighted by molar-refractivity contribution is 5.81. The number of carbonyl (C=O) groups is 1. The van der Waals surface area contributed by atoms with Crippen molar-refractivity contribution in [2.45, 2.75) is 18.4 Å². The van der Waals surface area contributed by atoms with Crippen LogP contribution in [-0.2, 0) is 10.3 Å². The third-order valence-corrected chi connectivity index (χ3v) is 3.10. The van der Waals surface area contributed by atoms with Crippen LogP contribution in [0.1, 0.15) is 18.4 Å². The van der Waals surface area contributed by atoms with Crippen LogP contribution in [0.4, 0.5) is 0 Å². The number of rotatable bonds is 3. The molecule has 0 radical (unpaired) electrons. The van der Waals surface area contributed by atoms with Gasteiger partial charge in [0.2, 0.25) is 0 Å². The monoisotopic (exact) mass is 221 g/mol. The molecule has 1 atom stereocenters. The number of carboxylic acid groups (broad SMARTS) is 1. The van der Waals surface area contributed by atoms with Crippen LogP contribution in [0.2, 0.25) is 0 Å². The van der Waals surface area contributed by atoms with Gasteiger partial charge in [0.05, 0.1) is 7.11 Å². The van der Waals surface area contributed by atoms with Crippen molar-refractivity contribution in [1.29, 1.82) is 0 Å². The summed E-state index contributed by atoms with van der Waals surface area (Å²) in [5, 5.41) is 12.4. The van der Waals surface area contributed by atoms with Gasteiger partial charge in [0.25, 0.3) is 0 Å². The standard InChI is InChI=1S/C12H15NO3/c1-16-10-5-3-9(4-6-10)12(11(14)15)7-2-8-13-12/h3-6,13H,2,7-8H2,1H3,(H,14,15)/t12-/m0/s1. The van der Waals surface area contributed by atoms with Gasteiger partial charge in [0, 0.05) is 0 Å². The molecule has 1 aliphatic rings. The molecule has 0 unspecified atom stereocenters. The lowest BCUT2D eigenvalue weighted by Gasteiger charge is -2.25. The molecule has 1 saturated heterocycles. The summed E-state index contributed by atoms with van der Waals surface area (Å²) in [6.07, 6.45) is 1.52. The van der Waals surface area contributed by atoms with E-state index in [1.165, 1.54) is 0 Å². The Labute approximate surface area is 94.2 Å². The molecule has 0 saturated carbocycles. The van der Waals surface area contributed by atoms with Gasteiger partial charge in [-0.15, -0.1) is 0 Å². The van der Waals surface area contributed by atoms with Crippen molar-refractivity contribution in [2.24, 2.45) is 0 Å². The number of nitrogens with one attached hydrogen (secondary N) is 1. The van der Waals surface area contributed by atoms with Crippen molar-refractivity contribution in [3.05, 3.63) is 29.8 Å². The number of hydrogen-bond acceptors (Lipinski definition) is 3. The molecule has 0 spiro atoms. The number of ether oxygens (including phenoxy) is 1. The third-order valence-electron chi connectivity index (χ3n) is 3.10. The lowest BCUT2D eigenvalue weighted by molar-refractivity contribution is -0.144. The highest BCUT2D eigenvalue weighted by Crippen LogP contribution is 2.32. The molecule has 2 rings (SSSR count). The Morgan fingerprint density at radius 3 is 2.56 bits per heavy atom.